The zero-order chi connectivity index (χ0) is 22.1. The summed E-state index contributed by atoms with van der Waals surface area (Å²) in [5, 5.41) is 2.25. The van der Waals surface area contributed by atoms with E-state index in [9.17, 15) is 13.2 Å². The Kier molecular flexibility index (Phi) is 6.04. The number of hydrogen-bond acceptors (Lipinski definition) is 9. The summed E-state index contributed by atoms with van der Waals surface area (Å²) in [6.07, 6.45) is -0.285. The molecule has 1 fully saturated rings. The van der Waals surface area contributed by atoms with Crippen molar-refractivity contribution in [1.82, 2.24) is 19.9 Å². The fourth-order valence-electron chi connectivity index (χ4n) is 3.61. The molecule has 0 bridgehead atoms. The summed E-state index contributed by atoms with van der Waals surface area (Å²) in [5.41, 5.74) is 13.8. The predicted molar refractivity (Wildman–Crippen MR) is 114 cm³/mol. The second-order valence-corrected chi connectivity index (χ2v) is 8.96. The molecule has 12 heteroatoms. The molecule has 0 atom stereocenters. The number of piperidine rings is 1. The first-order chi connectivity index (χ1) is 14.8. The van der Waals surface area contributed by atoms with Gasteiger partial charge in [-0.1, -0.05) is 11.8 Å². The molecule has 3 aromatic rings. The van der Waals surface area contributed by atoms with Crippen molar-refractivity contribution in [3.63, 3.8) is 0 Å². The van der Waals surface area contributed by atoms with Gasteiger partial charge in [0.2, 0.25) is 0 Å². The minimum Gasteiger partial charge on any atom is -0.381 e. The van der Waals surface area contributed by atoms with Gasteiger partial charge >= 0.3 is 6.18 Å². The van der Waals surface area contributed by atoms with Crippen LogP contribution in [0.2, 0.25) is 0 Å². The molecule has 4 N–H and O–H groups in total. The Morgan fingerprint density at radius 1 is 1.19 bits per heavy atom. The third-order valence-corrected chi connectivity index (χ3v) is 7.05. The molecule has 0 amide bonds. The Morgan fingerprint density at radius 3 is 2.58 bits per heavy atom. The Labute approximate surface area is 185 Å². The topological polar surface area (TPSA) is 107 Å². The standard InChI is InChI=1S/C19H20F3N7S2/c20-19(21,22)15-12(2-1-5-25-15)31-17-16(24)28-14(8-26-17)29-6-3-18(10-23,4-7-29)13-9-30-11-27-13/h1-2,5,8-9,11H,3-4,6-7,10,23H2,(H2,24,28). The first-order valence-corrected chi connectivity index (χ1v) is 11.2. The van der Waals surface area contributed by atoms with E-state index in [1.165, 1.54) is 12.1 Å². The fourth-order valence-corrected chi connectivity index (χ4v) is 5.16. The molecule has 7 nitrogen and oxygen atoms in total. The predicted octanol–water partition coefficient (Wildman–Crippen LogP) is 3.58. The molecule has 0 saturated carbocycles. The average molecular weight is 468 g/mol. The molecule has 0 radical (unpaired) electrons. The van der Waals surface area contributed by atoms with E-state index in [-0.39, 0.29) is 21.2 Å². The summed E-state index contributed by atoms with van der Waals surface area (Å²) >= 11 is 2.36. The molecule has 1 aliphatic heterocycles. The van der Waals surface area contributed by atoms with Gasteiger partial charge in [0.25, 0.3) is 0 Å². The molecular weight excluding hydrogens is 447 g/mol. The molecule has 31 heavy (non-hydrogen) atoms. The van der Waals surface area contributed by atoms with Crippen molar-refractivity contribution in [2.45, 2.75) is 34.4 Å². The summed E-state index contributed by atoms with van der Waals surface area (Å²) in [6, 6.07) is 2.78. The smallest absolute Gasteiger partial charge is 0.381 e. The van der Waals surface area contributed by atoms with Gasteiger partial charge in [0.1, 0.15) is 10.8 Å². The Bertz CT molecular complexity index is 1040. The average Bonchev–Trinajstić information content (AvgIpc) is 3.30. The zero-order valence-corrected chi connectivity index (χ0v) is 18.0. The van der Waals surface area contributed by atoms with Crippen LogP contribution in [-0.4, -0.2) is 39.6 Å². The maximum atomic E-state index is 13.2. The highest BCUT2D eigenvalue weighted by molar-refractivity contribution is 7.99. The van der Waals surface area contributed by atoms with Gasteiger partial charge < -0.3 is 16.4 Å². The van der Waals surface area contributed by atoms with Gasteiger partial charge in [0.05, 0.1) is 17.4 Å². The highest BCUT2D eigenvalue weighted by atomic mass is 32.2. The van der Waals surface area contributed by atoms with Gasteiger partial charge in [-0.3, -0.25) is 4.98 Å². The molecule has 0 aliphatic carbocycles. The molecule has 4 heterocycles. The lowest BCUT2D eigenvalue weighted by Gasteiger charge is -2.40. The van der Waals surface area contributed by atoms with Crippen LogP contribution in [0, 0.1) is 0 Å². The summed E-state index contributed by atoms with van der Waals surface area (Å²) in [4.78, 5) is 18.6. The number of anilines is 2. The van der Waals surface area contributed by atoms with Crippen LogP contribution in [0.25, 0.3) is 0 Å². The number of nitrogens with zero attached hydrogens (tertiary/aromatic N) is 5. The van der Waals surface area contributed by atoms with Crippen molar-refractivity contribution in [3.05, 3.63) is 46.8 Å². The molecule has 164 valence electrons. The SMILES string of the molecule is NCC1(c2cscn2)CCN(c2cnc(Sc3cccnc3C(F)(F)F)c(N)n2)CC1. The van der Waals surface area contributed by atoms with Crippen LogP contribution in [0.1, 0.15) is 24.2 Å². The van der Waals surface area contributed by atoms with Crippen molar-refractivity contribution in [2.75, 3.05) is 30.3 Å². The van der Waals surface area contributed by atoms with E-state index in [4.69, 9.17) is 11.5 Å². The first kappa shape index (κ1) is 21.8. The number of thiazole rings is 1. The fraction of sp³-hybridized carbons (Fsp3) is 0.368. The Balaban J connectivity index is 1.49. The van der Waals surface area contributed by atoms with E-state index in [1.807, 2.05) is 10.9 Å². The molecule has 1 saturated heterocycles. The molecule has 0 aromatic carbocycles. The number of alkyl halides is 3. The lowest BCUT2D eigenvalue weighted by atomic mass is 9.76. The van der Waals surface area contributed by atoms with Crippen molar-refractivity contribution in [2.24, 2.45) is 5.73 Å². The molecule has 0 spiro atoms. The minimum absolute atomic E-state index is 0.0716. The van der Waals surface area contributed by atoms with Crippen LogP contribution in [0.4, 0.5) is 24.8 Å². The highest BCUT2D eigenvalue weighted by Gasteiger charge is 2.38. The quantitative estimate of drug-likeness (QED) is 0.587. The van der Waals surface area contributed by atoms with Gasteiger partial charge in [-0.05, 0) is 25.0 Å². The zero-order valence-electron chi connectivity index (χ0n) is 16.3. The molecule has 4 rings (SSSR count). The number of pyridine rings is 1. The van der Waals surface area contributed by atoms with Crippen LogP contribution in [0.3, 0.4) is 0 Å². The second-order valence-electron chi connectivity index (χ2n) is 7.21. The van der Waals surface area contributed by atoms with Crippen LogP contribution in [0.5, 0.6) is 0 Å². The van der Waals surface area contributed by atoms with Crippen LogP contribution in [0.15, 0.2) is 45.3 Å². The van der Waals surface area contributed by atoms with Gasteiger partial charge in [-0.15, -0.1) is 11.3 Å². The number of rotatable bonds is 5. The lowest BCUT2D eigenvalue weighted by Crippen LogP contribution is -2.47. The number of aromatic nitrogens is 4. The van der Waals surface area contributed by atoms with E-state index < -0.39 is 11.9 Å². The van der Waals surface area contributed by atoms with Gasteiger partial charge in [0, 0.05) is 41.5 Å². The third-order valence-electron chi connectivity index (χ3n) is 5.41. The largest absolute Gasteiger partial charge is 0.434 e. The summed E-state index contributed by atoms with van der Waals surface area (Å²) in [5.74, 6) is 0.669. The van der Waals surface area contributed by atoms with E-state index in [2.05, 4.69) is 24.8 Å². The molecule has 1 aliphatic rings. The van der Waals surface area contributed by atoms with Gasteiger partial charge in [-0.25, -0.2) is 15.0 Å². The summed E-state index contributed by atoms with van der Waals surface area (Å²) < 4.78 is 39.6. The van der Waals surface area contributed by atoms with Gasteiger partial charge in [-0.2, -0.15) is 13.2 Å². The van der Waals surface area contributed by atoms with Gasteiger partial charge in [0.15, 0.2) is 11.5 Å². The van der Waals surface area contributed by atoms with Crippen molar-refractivity contribution in [3.8, 4) is 0 Å². The molecule has 0 unspecified atom stereocenters. The number of halogens is 3. The number of hydrogen-bond donors (Lipinski definition) is 2. The minimum atomic E-state index is -4.56. The van der Waals surface area contributed by atoms with E-state index in [0.29, 0.717) is 25.5 Å². The third kappa shape index (κ3) is 4.46. The monoisotopic (exact) mass is 467 g/mol. The Morgan fingerprint density at radius 2 is 1.97 bits per heavy atom. The number of nitrogen functional groups attached to an aromatic ring is 1. The summed E-state index contributed by atoms with van der Waals surface area (Å²) in [7, 11) is 0. The number of nitrogens with two attached hydrogens (primary N) is 2. The normalized spacial score (nSPS) is 16.5. The Hall–Kier alpha value is -2.44. The van der Waals surface area contributed by atoms with E-state index in [0.717, 1.165) is 36.5 Å². The maximum absolute atomic E-state index is 13.2. The van der Waals surface area contributed by atoms with Crippen LogP contribution in [-0.2, 0) is 11.6 Å². The van der Waals surface area contributed by atoms with Crippen LogP contribution >= 0.6 is 23.1 Å². The molecule has 3 aromatic heterocycles. The van der Waals surface area contributed by atoms with E-state index >= 15 is 0 Å². The van der Waals surface area contributed by atoms with Crippen molar-refractivity contribution >= 4 is 34.7 Å². The molecular formula is C19H20F3N7S2. The van der Waals surface area contributed by atoms with Crippen molar-refractivity contribution < 1.29 is 13.2 Å². The maximum Gasteiger partial charge on any atom is 0.434 e. The second kappa shape index (κ2) is 8.60. The van der Waals surface area contributed by atoms with Crippen molar-refractivity contribution in [1.29, 1.82) is 0 Å². The highest BCUT2D eigenvalue weighted by Crippen LogP contribution is 2.40. The van der Waals surface area contributed by atoms with Crippen LogP contribution < -0.4 is 16.4 Å². The lowest BCUT2D eigenvalue weighted by molar-refractivity contribution is -0.143. The summed E-state index contributed by atoms with van der Waals surface area (Å²) in [6.45, 7) is 1.92. The van der Waals surface area contributed by atoms with E-state index in [1.54, 1.807) is 17.5 Å². The first-order valence-electron chi connectivity index (χ1n) is 9.49.